The molecule has 1 aliphatic heterocycles. The zero-order valence-electron chi connectivity index (χ0n) is 11.9. The maximum Gasteiger partial charge on any atom is 0.0797 e. The fourth-order valence-electron chi connectivity index (χ4n) is 3.69. The molecule has 3 atom stereocenters. The highest BCUT2D eigenvalue weighted by molar-refractivity contribution is 4.93. The van der Waals surface area contributed by atoms with Crippen LogP contribution < -0.4 is 5.73 Å². The first-order chi connectivity index (χ1) is 8.64. The van der Waals surface area contributed by atoms with Gasteiger partial charge in [-0.2, -0.15) is 0 Å². The summed E-state index contributed by atoms with van der Waals surface area (Å²) in [6, 6.07) is 0. The van der Waals surface area contributed by atoms with Crippen molar-refractivity contribution in [2.45, 2.75) is 57.5 Å². The van der Waals surface area contributed by atoms with Gasteiger partial charge in [0.25, 0.3) is 0 Å². The molecule has 1 saturated carbocycles. The molecule has 0 radical (unpaired) electrons. The van der Waals surface area contributed by atoms with Gasteiger partial charge in [-0.15, -0.1) is 0 Å². The van der Waals surface area contributed by atoms with Crippen LogP contribution in [0.4, 0.5) is 0 Å². The molecule has 18 heavy (non-hydrogen) atoms. The van der Waals surface area contributed by atoms with Gasteiger partial charge in [-0.05, 0) is 70.0 Å². The topological polar surface area (TPSA) is 49.5 Å². The number of nitrogens with two attached hydrogens (primary N) is 1. The van der Waals surface area contributed by atoms with Gasteiger partial charge in [-0.3, -0.25) is 0 Å². The molecule has 2 fully saturated rings. The Bertz CT molecular complexity index is 259. The summed E-state index contributed by atoms with van der Waals surface area (Å²) in [5, 5.41) is 10.4. The summed E-state index contributed by atoms with van der Waals surface area (Å²) in [6.45, 7) is 6.45. The Morgan fingerprint density at radius 1 is 1.22 bits per heavy atom. The van der Waals surface area contributed by atoms with E-state index in [-0.39, 0.29) is 0 Å². The number of hydrogen-bond acceptors (Lipinski definition) is 3. The molecule has 0 aromatic rings. The molecule has 0 bridgehead atoms. The second-order valence-corrected chi connectivity index (χ2v) is 6.56. The quantitative estimate of drug-likeness (QED) is 0.806. The van der Waals surface area contributed by atoms with Crippen molar-refractivity contribution in [3.05, 3.63) is 0 Å². The first-order valence-electron chi connectivity index (χ1n) is 7.79. The predicted molar refractivity (Wildman–Crippen MR) is 75.4 cm³/mol. The summed E-state index contributed by atoms with van der Waals surface area (Å²) in [4.78, 5) is 2.60. The summed E-state index contributed by atoms with van der Waals surface area (Å²) in [5.74, 6) is 1.32. The molecule has 2 rings (SSSR count). The maximum absolute atomic E-state index is 10.4. The van der Waals surface area contributed by atoms with Crippen molar-refractivity contribution >= 4 is 0 Å². The number of likely N-dealkylation sites (tertiary alicyclic amines) is 1. The van der Waals surface area contributed by atoms with Gasteiger partial charge >= 0.3 is 0 Å². The monoisotopic (exact) mass is 254 g/mol. The predicted octanol–water partition coefficient (Wildman–Crippen LogP) is 1.99. The van der Waals surface area contributed by atoms with Crippen LogP contribution in [0, 0.1) is 11.8 Å². The second kappa shape index (κ2) is 6.36. The normalized spacial score (nSPS) is 38.8. The summed E-state index contributed by atoms with van der Waals surface area (Å²) in [7, 11) is 0. The number of rotatable bonds is 4. The van der Waals surface area contributed by atoms with Crippen molar-refractivity contribution in [1.82, 2.24) is 4.90 Å². The Hall–Kier alpha value is -0.120. The minimum absolute atomic E-state index is 0.433. The fraction of sp³-hybridized carbons (Fsp3) is 1.00. The molecule has 2 aliphatic rings. The zero-order chi connectivity index (χ0) is 13.0. The van der Waals surface area contributed by atoms with E-state index in [1.807, 2.05) is 0 Å². The minimum atomic E-state index is -0.556. The Balaban J connectivity index is 1.77. The van der Waals surface area contributed by atoms with E-state index in [0.717, 1.165) is 38.1 Å². The molecule has 1 saturated heterocycles. The molecule has 1 heterocycles. The third kappa shape index (κ3) is 3.46. The highest BCUT2D eigenvalue weighted by Crippen LogP contribution is 2.37. The molecule has 106 valence electrons. The maximum atomic E-state index is 10.4. The third-order valence-electron chi connectivity index (χ3n) is 5.18. The average Bonchev–Trinajstić information content (AvgIpc) is 2.61. The molecule has 1 aliphatic carbocycles. The molecule has 3 unspecified atom stereocenters. The summed E-state index contributed by atoms with van der Waals surface area (Å²) < 4.78 is 0. The largest absolute Gasteiger partial charge is 0.388 e. The van der Waals surface area contributed by atoms with Gasteiger partial charge in [0, 0.05) is 6.54 Å². The molecule has 3 N–H and O–H groups in total. The van der Waals surface area contributed by atoms with E-state index in [2.05, 4.69) is 11.8 Å². The Labute approximate surface area is 112 Å². The van der Waals surface area contributed by atoms with E-state index in [9.17, 15) is 5.11 Å². The standard InChI is InChI=1S/C15H30N2O/c1-13-4-3-9-17(10-6-13)11-7-14-5-2-8-15(14,18)12-16/h13-14,18H,2-12,16H2,1H3. The van der Waals surface area contributed by atoms with E-state index in [4.69, 9.17) is 5.73 Å². The van der Waals surface area contributed by atoms with Crippen LogP contribution in [-0.4, -0.2) is 41.8 Å². The lowest BCUT2D eigenvalue weighted by molar-refractivity contribution is 0.00464. The van der Waals surface area contributed by atoms with Crippen LogP contribution in [0.3, 0.4) is 0 Å². The summed E-state index contributed by atoms with van der Waals surface area (Å²) >= 11 is 0. The molecular weight excluding hydrogens is 224 g/mol. The Morgan fingerprint density at radius 3 is 2.83 bits per heavy atom. The van der Waals surface area contributed by atoms with Crippen LogP contribution in [-0.2, 0) is 0 Å². The van der Waals surface area contributed by atoms with Gasteiger partial charge in [0.2, 0.25) is 0 Å². The van der Waals surface area contributed by atoms with Crippen molar-refractivity contribution in [1.29, 1.82) is 0 Å². The molecule has 3 heteroatoms. The SMILES string of the molecule is CC1CCCN(CCC2CCCC2(O)CN)CC1. The highest BCUT2D eigenvalue weighted by Gasteiger charge is 2.39. The summed E-state index contributed by atoms with van der Waals surface area (Å²) in [5.41, 5.74) is 5.19. The van der Waals surface area contributed by atoms with E-state index in [1.165, 1.54) is 32.4 Å². The molecule has 0 aromatic carbocycles. The van der Waals surface area contributed by atoms with Crippen LogP contribution >= 0.6 is 0 Å². The first-order valence-corrected chi connectivity index (χ1v) is 7.79. The average molecular weight is 254 g/mol. The lowest BCUT2D eigenvalue weighted by Gasteiger charge is -2.30. The Kier molecular flexibility index (Phi) is 5.05. The van der Waals surface area contributed by atoms with Gasteiger partial charge < -0.3 is 15.7 Å². The van der Waals surface area contributed by atoms with Gasteiger partial charge in [-0.1, -0.05) is 13.3 Å². The molecule has 0 spiro atoms. The van der Waals surface area contributed by atoms with Crippen LogP contribution in [0.15, 0.2) is 0 Å². The van der Waals surface area contributed by atoms with Crippen molar-refractivity contribution < 1.29 is 5.11 Å². The molecule has 0 aromatic heterocycles. The van der Waals surface area contributed by atoms with Crippen LogP contribution in [0.5, 0.6) is 0 Å². The van der Waals surface area contributed by atoms with Crippen LogP contribution in [0.2, 0.25) is 0 Å². The van der Waals surface area contributed by atoms with Crippen LogP contribution in [0.1, 0.15) is 51.9 Å². The summed E-state index contributed by atoms with van der Waals surface area (Å²) in [6.07, 6.45) is 8.41. The second-order valence-electron chi connectivity index (χ2n) is 6.56. The van der Waals surface area contributed by atoms with E-state index in [0.29, 0.717) is 12.5 Å². The van der Waals surface area contributed by atoms with Crippen molar-refractivity contribution in [3.8, 4) is 0 Å². The number of hydrogen-bond donors (Lipinski definition) is 2. The minimum Gasteiger partial charge on any atom is -0.388 e. The molecule has 3 nitrogen and oxygen atoms in total. The van der Waals surface area contributed by atoms with E-state index in [1.54, 1.807) is 0 Å². The van der Waals surface area contributed by atoms with Crippen molar-refractivity contribution in [3.63, 3.8) is 0 Å². The number of nitrogens with zero attached hydrogens (tertiary/aromatic N) is 1. The lowest BCUT2D eigenvalue weighted by Crippen LogP contribution is -2.42. The smallest absolute Gasteiger partial charge is 0.0797 e. The van der Waals surface area contributed by atoms with Gasteiger partial charge in [0.15, 0.2) is 0 Å². The molecule has 0 amide bonds. The van der Waals surface area contributed by atoms with Gasteiger partial charge in [0.1, 0.15) is 0 Å². The molecular formula is C15H30N2O. The fourth-order valence-corrected chi connectivity index (χ4v) is 3.69. The van der Waals surface area contributed by atoms with Gasteiger partial charge in [-0.25, -0.2) is 0 Å². The first kappa shape index (κ1) is 14.3. The van der Waals surface area contributed by atoms with E-state index >= 15 is 0 Å². The zero-order valence-corrected chi connectivity index (χ0v) is 11.9. The third-order valence-corrected chi connectivity index (χ3v) is 5.18. The Morgan fingerprint density at radius 2 is 2.06 bits per heavy atom. The lowest BCUT2D eigenvalue weighted by atomic mass is 9.88. The van der Waals surface area contributed by atoms with Crippen molar-refractivity contribution in [2.24, 2.45) is 17.6 Å². The number of aliphatic hydroxyl groups is 1. The highest BCUT2D eigenvalue weighted by atomic mass is 16.3. The van der Waals surface area contributed by atoms with E-state index < -0.39 is 5.60 Å². The van der Waals surface area contributed by atoms with Crippen molar-refractivity contribution in [2.75, 3.05) is 26.2 Å². The van der Waals surface area contributed by atoms with Gasteiger partial charge in [0.05, 0.1) is 5.60 Å². The van der Waals surface area contributed by atoms with Crippen LogP contribution in [0.25, 0.3) is 0 Å².